The first-order chi connectivity index (χ1) is 7.67. The Kier molecular flexibility index (Phi) is 5.49. The first kappa shape index (κ1) is 13.2. The minimum atomic E-state index is -0.196. The van der Waals surface area contributed by atoms with Gasteiger partial charge in [-0.05, 0) is 31.2 Å². The van der Waals surface area contributed by atoms with E-state index in [0.717, 1.165) is 10.0 Å². The van der Waals surface area contributed by atoms with Gasteiger partial charge < -0.3 is 10.5 Å². The molecule has 1 rings (SSSR count). The van der Waals surface area contributed by atoms with Crippen molar-refractivity contribution in [2.24, 2.45) is 5.73 Å². The summed E-state index contributed by atoms with van der Waals surface area (Å²) in [4.78, 5) is 11.4. The molecule has 16 heavy (non-hydrogen) atoms. The Morgan fingerprint density at radius 2 is 2.31 bits per heavy atom. The smallest absolute Gasteiger partial charge is 0.306 e. The maximum Gasteiger partial charge on any atom is 0.306 e. The molecular weight excluding hydrogens is 270 g/mol. The summed E-state index contributed by atoms with van der Waals surface area (Å²) >= 11 is 3.40. The van der Waals surface area contributed by atoms with Crippen molar-refractivity contribution in [2.75, 3.05) is 13.2 Å². The van der Waals surface area contributed by atoms with Crippen molar-refractivity contribution < 1.29 is 9.53 Å². The molecule has 3 nitrogen and oxygen atoms in total. The summed E-state index contributed by atoms with van der Waals surface area (Å²) in [6.07, 6.45) is 0.334. The van der Waals surface area contributed by atoms with Crippen LogP contribution in [-0.4, -0.2) is 19.1 Å². The van der Waals surface area contributed by atoms with Gasteiger partial charge in [-0.15, -0.1) is 0 Å². The van der Waals surface area contributed by atoms with Crippen LogP contribution < -0.4 is 5.73 Å². The van der Waals surface area contributed by atoms with Crippen molar-refractivity contribution in [2.45, 2.75) is 19.3 Å². The Morgan fingerprint density at radius 3 is 2.88 bits per heavy atom. The number of esters is 1. The molecule has 0 aromatic heterocycles. The van der Waals surface area contributed by atoms with Crippen LogP contribution in [-0.2, 0) is 9.53 Å². The van der Waals surface area contributed by atoms with E-state index in [1.807, 2.05) is 24.3 Å². The SMILES string of the molecule is CCOC(=O)CC(CN)c1cccc(Br)c1. The number of halogens is 1. The van der Waals surface area contributed by atoms with E-state index in [9.17, 15) is 4.79 Å². The lowest BCUT2D eigenvalue weighted by Crippen LogP contribution is -2.18. The van der Waals surface area contributed by atoms with Gasteiger partial charge in [0, 0.05) is 10.4 Å². The van der Waals surface area contributed by atoms with Crippen LogP contribution in [0.3, 0.4) is 0 Å². The molecule has 0 spiro atoms. The van der Waals surface area contributed by atoms with Gasteiger partial charge in [0.15, 0.2) is 0 Å². The van der Waals surface area contributed by atoms with Gasteiger partial charge in [-0.1, -0.05) is 28.1 Å². The monoisotopic (exact) mass is 285 g/mol. The van der Waals surface area contributed by atoms with E-state index in [1.54, 1.807) is 6.92 Å². The Balaban J connectivity index is 2.70. The van der Waals surface area contributed by atoms with Crippen molar-refractivity contribution in [3.05, 3.63) is 34.3 Å². The van der Waals surface area contributed by atoms with Gasteiger partial charge in [-0.2, -0.15) is 0 Å². The van der Waals surface area contributed by atoms with Crippen molar-refractivity contribution >= 4 is 21.9 Å². The highest BCUT2D eigenvalue weighted by Crippen LogP contribution is 2.22. The number of carbonyl (C=O) groups excluding carboxylic acids is 1. The molecular formula is C12H16BrNO2. The molecule has 2 N–H and O–H groups in total. The predicted octanol–water partition coefficient (Wildman–Crippen LogP) is 2.44. The van der Waals surface area contributed by atoms with E-state index in [0.29, 0.717) is 19.6 Å². The molecule has 0 aliphatic rings. The molecule has 1 aromatic carbocycles. The molecule has 0 amide bonds. The number of nitrogens with two attached hydrogens (primary N) is 1. The van der Waals surface area contributed by atoms with Gasteiger partial charge in [-0.25, -0.2) is 0 Å². The van der Waals surface area contributed by atoms with Crippen LogP contribution in [0.4, 0.5) is 0 Å². The van der Waals surface area contributed by atoms with Gasteiger partial charge >= 0.3 is 5.97 Å². The predicted molar refractivity (Wildman–Crippen MR) is 67.2 cm³/mol. The van der Waals surface area contributed by atoms with Gasteiger partial charge in [-0.3, -0.25) is 4.79 Å². The van der Waals surface area contributed by atoms with Crippen LogP contribution in [0.15, 0.2) is 28.7 Å². The van der Waals surface area contributed by atoms with Crippen LogP contribution in [0, 0.1) is 0 Å². The van der Waals surface area contributed by atoms with Crippen LogP contribution in [0.25, 0.3) is 0 Å². The Labute approximate surface area is 104 Å². The minimum absolute atomic E-state index is 0.0246. The number of hydrogen-bond acceptors (Lipinski definition) is 3. The van der Waals surface area contributed by atoms with E-state index in [2.05, 4.69) is 15.9 Å². The molecule has 1 unspecified atom stereocenters. The van der Waals surface area contributed by atoms with Gasteiger partial charge in [0.25, 0.3) is 0 Å². The van der Waals surface area contributed by atoms with Crippen LogP contribution >= 0.6 is 15.9 Å². The van der Waals surface area contributed by atoms with E-state index in [-0.39, 0.29) is 11.9 Å². The normalized spacial score (nSPS) is 12.2. The van der Waals surface area contributed by atoms with E-state index < -0.39 is 0 Å². The molecule has 0 aliphatic carbocycles. The Bertz CT molecular complexity index is 355. The molecule has 0 heterocycles. The number of ether oxygens (including phenoxy) is 1. The van der Waals surface area contributed by atoms with Crippen molar-refractivity contribution in [3.8, 4) is 0 Å². The zero-order valence-electron chi connectivity index (χ0n) is 9.28. The van der Waals surface area contributed by atoms with E-state index in [4.69, 9.17) is 10.5 Å². The summed E-state index contributed by atoms with van der Waals surface area (Å²) in [5, 5.41) is 0. The third kappa shape index (κ3) is 3.94. The molecule has 88 valence electrons. The Hall–Kier alpha value is -0.870. The molecule has 0 saturated heterocycles. The van der Waals surface area contributed by atoms with Crippen molar-refractivity contribution in [3.63, 3.8) is 0 Å². The lowest BCUT2D eigenvalue weighted by atomic mass is 9.96. The molecule has 0 radical (unpaired) electrons. The van der Waals surface area contributed by atoms with Gasteiger partial charge in [0.1, 0.15) is 0 Å². The largest absolute Gasteiger partial charge is 0.466 e. The molecule has 0 aliphatic heterocycles. The average Bonchev–Trinajstić information content (AvgIpc) is 2.26. The average molecular weight is 286 g/mol. The fraction of sp³-hybridized carbons (Fsp3) is 0.417. The second-order valence-corrected chi connectivity index (χ2v) is 4.41. The molecule has 0 bridgehead atoms. The summed E-state index contributed by atoms with van der Waals surface area (Å²) in [6, 6.07) is 7.84. The summed E-state index contributed by atoms with van der Waals surface area (Å²) in [7, 11) is 0. The highest BCUT2D eigenvalue weighted by Gasteiger charge is 2.15. The molecule has 0 fully saturated rings. The molecule has 1 aromatic rings. The Morgan fingerprint density at radius 1 is 1.56 bits per heavy atom. The fourth-order valence-electron chi connectivity index (χ4n) is 1.52. The number of benzene rings is 1. The topological polar surface area (TPSA) is 52.3 Å². The lowest BCUT2D eigenvalue weighted by Gasteiger charge is -2.14. The quantitative estimate of drug-likeness (QED) is 0.846. The summed E-state index contributed by atoms with van der Waals surface area (Å²) in [5.41, 5.74) is 6.74. The molecule has 0 saturated carbocycles. The number of rotatable bonds is 5. The number of carbonyl (C=O) groups is 1. The zero-order valence-corrected chi connectivity index (χ0v) is 10.9. The van der Waals surface area contributed by atoms with Crippen molar-refractivity contribution in [1.29, 1.82) is 0 Å². The van der Waals surface area contributed by atoms with Crippen LogP contribution in [0.1, 0.15) is 24.8 Å². The fourth-order valence-corrected chi connectivity index (χ4v) is 1.94. The highest BCUT2D eigenvalue weighted by molar-refractivity contribution is 9.10. The third-order valence-corrected chi connectivity index (χ3v) is 2.82. The first-order valence-corrected chi connectivity index (χ1v) is 6.07. The second-order valence-electron chi connectivity index (χ2n) is 3.50. The summed E-state index contributed by atoms with van der Waals surface area (Å²) in [5.74, 6) is -0.172. The highest BCUT2D eigenvalue weighted by atomic mass is 79.9. The van der Waals surface area contributed by atoms with Crippen LogP contribution in [0.5, 0.6) is 0 Å². The minimum Gasteiger partial charge on any atom is -0.466 e. The molecule has 4 heteroatoms. The molecule has 1 atom stereocenters. The lowest BCUT2D eigenvalue weighted by molar-refractivity contribution is -0.143. The van der Waals surface area contributed by atoms with Crippen LogP contribution in [0.2, 0.25) is 0 Å². The number of hydrogen-bond donors (Lipinski definition) is 1. The van der Waals surface area contributed by atoms with E-state index >= 15 is 0 Å². The maximum atomic E-state index is 11.4. The first-order valence-electron chi connectivity index (χ1n) is 5.28. The maximum absolute atomic E-state index is 11.4. The van der Waals surface area contributed by atoms with Gasteiger partial charge in [0.05, 0.1) is 13.0 Å². The van der Waals surface area contributed by atoms with Gasteiger partial charge in [0.2, 0.25) is 0 Å². The van der Waals surface area contributed by atoms with Crippen molar-refractivity contribution in [1.82, 2.24) is 0 Å². The summed E-state index contributed by atoms with van der Waals surface area (Å²) in [6.45, 7) is 2.65. The van der Waals surface area contributed by atoms with E-state index in [1.165, 1.54) is 0 Å². The summed E-state index contributed by atoms with van der Waals surface area (Å²) < 4.78 is 5.91. The second kappa shape index (κ2) is 6.66. The zero-order chi connectivity index (χ0) is 12.0. The third-order valence-electron chi connectivity index (χ3n) is 2.32. The standard InChI is InChI=1S/C12H16BrNO2/c1-2-16-12(15)7-10(8-14)9-4-3-5-11(13)6-9/h3-6,10H,2,7-8,14H2,1H3.